The molecule has 5 nitrogen and oxygen atoms in total. The van der Waals surface area contributed by atoms with Crippen molar-refractivity contribution in [3.05, 3.63) is 48.2 Å². The van der Waals surface area contributed by atoms with Crippen LogP contribution in [0.5, 0.6) is 5.75 Å². The molecule has 0 aliphatic heterocycles. The lowest BCUT2D eigenvalue weighted by Crippen LogP contribution is -2.13. The number of esters is 1. The lowest BCUT2D eigenvalue weighted by atomic mass is 10.1. The predicted octanol–water partition coefficient (Wildman–Crippen LogP) is 4.34. The highest BCUT2D eigenvalue weighted by Gasteiger charge is 2.21. The molecular weight excluding hydrogens is 340 g/mol. The molecule has 1 atom stereocenters. The van der Waals surface area contributed by atoms with E-state index in [0.29, 0.717) is 11.3 Å². The number of benzene rings is 1. The van der Waals surface area contributed by atoms with E-state index in [1.165, 1.54) is 0 Å². The maximum atomic E-state index is 12.9. The summed E-state index contributed by atoms with van der Waals surface area (Å²) in [5, 5.41) is 9.50. The third-order valence-corrected chi connectivity index (χ3v) is 4.08. The van der Waals surface area contributed by atoms with E-state index >= 15 is 0 Å². The van der Waals surface area contributed by atoms with Crippen LogP contribution in [0.3, 0.4) is 0 Å². The summed E-state index contributed by atoms with van der Waals surface area (Å²) in [6.45, 7) is 3.79. The van der Waals surface area contributed by atoms with Gasteiger partial charge >= 0.3 is 5.97 Å². The number of carbonyl (C=O) groups is 1. The number of pyridine rings is 1. The Hall–Kier alpha value is -3.44. The minimum absolute atomic E-state index is 0.0342. The number of unbranched alkanes of at least 4 members (excludes halogenated alkanes) is 1. The van der Waals surface area contributed by atoms with Crippen LogP contribution in [0.4, 0.5) is 0 Å². The van der Waals surface area contributed by atoms with Gasteiger partial charge in [0.1, 0.15) is 11.8 Å². The number of nitrogens with zero attached hydrogens (tertiary/aromatic N) is 2. The lowest BCUT2D eigenvalue weighted by molar-refractivity contribution is 0.0443. The molecule has 0 spiro atoms. The Balaban J connectivity index is 2.02. The molecule has 0 aliphatic carbocycles. The van der Waals surface area contributed by atoms with Crippen LogP contribution < -0.4 is 4.74 Å². The van der Waals surface area contributed by atoms with Gasteiger partial charge in [-0.25, -0.2) is 4.79 Å². The number of aromatic nitrogens is 1. The van der Waals surface area contributed by atoms with Crippen LogP contribution in [0.15, 0.2) is 42.6 Å². The summed E-state index contributed by atoms with van der Waals surface area (Å²) < 4.78 is 12.8. The molecule has 1 aromatic carbocycles. The number of carbonyl (C=O) groups excluding carboxylic acids is 1. The molecule has 27 heavy (non-hydrogen) atoms. The summed E-state index contributed by atoms with van der Waals surface area (Å²) in [5.74, 6) is 6.12. The molecule has 0 saturated heterocycles. The van der Waals surface area contributed by atoms with E-state index in [-0.39, 0.29) is 6.61 Å². The average Bonchev–Trinajstić information content (AvgIpc) is 3.00. The Kier molecular flexibility index (Phi) is 5.64. The Bertz CT molecular complexity index is 1080. The van der Waals surface area contributed by atoms with Gasteiger partial charge in [0.05, 0.1) is 22.8 Å². The third-order valence-electron chi connectivity index (χ3n) is 4.08. The van der Waals surface area contributed by atoms with Crippen LogP contribution in [-0.4, -0.2) is 23.1 Å². The summed E-state index contributed by atoms with van der Waals surface area (Å²) in [6.07, 6.45) is 3.05. The van der Waals surface area contributed by atoms with Crippen LogP contribution in [0.1, 0.15) is 37.0 Å². The Morgan fingerprint density at radius 1 is 1.22 bits per heavy atom. The van der Waals surface area contributed by atoms with Crippen molar-refractivity contribution in [2.45, 2.75) is 32.8 Å². The van der Waals surface area contributed by atoms with Crippen LogP contribution in [0, 0.1) is 23.2 Å². The quantitative estimate of drug-likeness (QED) is 0.501. The van der Waals surface area contributed by atoms with Gasteiger partial charge in [0.25, 0.3) is 0 Å². The molecule has 0 bridgehead atoms. The number of hydrogen-bond acceptors (Lipinski definition) is 4. The summed E-state index contributed by atoms with van der Waals surface area (Å²) in [7, 11) is 0. The number of ether oxygens (including phenoxy) is 2. The molecule has 0 aliphatic rings. The monoisotopic (exact) mass is 360 g/mol. The molecule has 2 aromatic heterocycles. The summed E-state index contributed by atoms with van der Waals surface area (Å²) >= 11 is 0. The molecule has 5 heteroatoms. The SMILES string of the molecule is CCCC#CC(C)OC(=O)c1c2ccccc2n2cc(OCC#N)ccc12. The second kappa shape index (κ2) is 8.29. The normalized spacial score (nSPS) is 11.4. The van der Waals surface area contributed by atoms with Crippen molar-refractivity contribution in [1.29, 1.82) is 5.26 Å². The molecule has 0 amide bonds. The van der Waals surface area contributed by atoms with Crippen molar-refractivity contribution in [3.8, 4) is 23.7 Å². The molecule has 1 unspecified atom stereocenters. The first-order chi connectivity index (χ1) is 13.2. The summed E-state index contributed by atoms with van der Waals surface area (Å²) in [6, 6.07) is 13.1. The predicted molar refractivity (Wildman–Crippen MR) is 104 cm³/mol. The van der Waals surface area contributed by atoms with E-state index < -0.39 is 12.1 Å². The molecule has 3 aromatic rings. The molecule has 0 N–H and O–H groups in total. The lowest BCUT2D eigenvalue weighted by Gasteiger charge is -2.08. The number of para-hydroxylation sites is 1. The second-order valence-corrected chi connectivity index (χ2v) is 6.08. The Morgan fingerprint density at radius 3 is 2.81 bits per heavy atom. The van der Waals surface area contributed by atoms with Gasteiger partial charge in [-0.1, -0.05) is 37.0 Å². The first-order valence-corrected chi connectivity index (χ1v) is 8.87. The molecule has 136 valence electrons. The van der Waals surface area contributed by atoms with Crippen LogP contribution in [0.25, 0.3) is 16.4 Å². The first-order valence-electron chi connectivity index (χ1n) is 8.87. The van der Waals surface area contributed by atoms with Crippen molar-refractivity contribution in [1.82, 2.24) is 4.40 Å². The maximum absolute atomic E-state index is 12.9. The number of fused-ring (bicyclic) bond motifs is 3. The minimum atomic E-state index is -0.476. The summed E-state index contributed by atoms with van der Waals surface area (Å²) in [5.41, 5.74) is 2.09. The van der Waals surface area contributed by atoms with E-state index in [4.69, 9.17) is 14.7 Å². The van der Waals surface area contributed by atoms with Gasteiger partial charge in [0.15, 0.2) is 12.7 Å². The zero-order chi connectivity index (χ0) is 19.2. The Morgan fingerprint density at radius 2 is 2.04 bits per heavy atom. The van der Waals surface area contributed by atoms with Gasteiger partial charge in [0, 0.05) is 11.8 Å². The zero-order valence-electron chi connectivity index (χ0n) is 15.4. The average molecular weight is 360 g/mol. The van der Waals surface area contributed by atoms with Gasteiger partial charge in [-0.3, -0.25) is 0 Å². The van der Waals surface area contributed by atoms with E-state index in [2.05, 4.69) is 18.8 Å². The van der Waals surface area contributed by atoms with E-state index in [0.717, 1.165) is 29.3 Å². The fourth-order valence-corrected chi connectivity index (χ4v) is 2.92. The minimum Gasteiger partial charge on any atom is -0.477 e. The molecule has 2 heterocycles. The smallest absolute Gasteiger partial charge is 0.342 e. The fraction of sp³-hybridized carbons (Fsp3) is 0.273. The molecule has 0 saturated carbocycles. The fourth-order valence-electron chi connectivity index (χ4n) is 2.92. The molecule has 0 fully saturated rings. The van der Waals surface area contributed by atoms with Gasteiger partial charge in [-0.15, -0.1) is 0 Å². The largest absolute Gasteiger partial charge is 0.477 e. The number of hydrogen-bond donors (Lipinski definition) is 0. The maximum Gasteiger partial charge on any atom is 0.342 e. The van der Waals surface area contributed by atoms with Gasteiger partial charge in [-0.2, -0.15) is 5.26 Å². The number of nitriles is 1. The van der Waals surface area contributed by atoms with E-state index in [1.807, 2.05) is 34.7 Å². The topological polar surface area (TPSA) is 63.7 Å². The van der Waals surface area contributed by atoms with Crippen LogP contribution >= 0.6 is 0 Å². The van der Waals surface area contributed by atoms with Gasteiger partial charge < -0.3 is 13.9 Å². The zero-order valence-corrected chi connectivity index (χ0v) is 15.4. The van der Waals surface area contributed by atoms with Crippen molar-refractivity contribution in [2.24, 2.45) is 0 Å². The molecule has 3 rings (SSSR count). The number of rotatable bonds is 5. The van der Waals surface area contributed by atoms with Crippen LogP contribution in [-0.2, 0) is 4.74 Å². The first kappa shape index (κ1) is 18.4. The third kappa shape index (κ3) is 3.88. The standard InChI is InChI=1S/C22H20N2O3/c1-3-4-5-8-16(2)27-22(25)21-18-9-6-7-10-19(18)24-15-17(26-14-13-23)11-12-20(21)24/h6-7,9-12,15-16H,3-4,14H2,1-2H3. The van der Waals surface area contributed by atoms with Gasteiger partial charge in [0.2, 0.25) is 0 Å². The van der Waals surface area contributed by atoms with Crippen molar-refractivity contribution in [3.63, 3.8) is 0 Å². The second-order valence-electron chi connectivity index (χ2n) is 6.08. The van der Waals surface area contributed by atoms with Crippen molar-refractivity contribution in [2.75, 3.05) is 6.61 Å². The van der Waals surface area contributed by atoms with Crippen LogP contribution in [0.2, 0.25) is 0 Å². The van der Waals surface area contributed by atoms with Crippen molar-refractivity contribution < 1.29 is 14.3 Å². The highest BCUT2D eigenvalue weighted by molar-refractivity contribution is 6.11. The molecular formula is C22H20N2O3. The Labute approximate surface area is 158 Å². The summed E-state index contributed by atoms with van der Waals surface area (Å²) in [4.78, 5) is 12.9. The van der Waals surface area contributed by atoms with E-state index in [1.54, 1.807) is 25.3 Å². The van der Waals surface area contributed by atoms with Gasteiger partial charge in [-0.05, 0) is 31.5 Å². The van der Waals surface area contributed by atoms with Crippen molar-refractivity contribution >= 4 is 22.4 Å². The highest BCUT2D eigenvalue weighted by atomic mass is 16.5. The van der Waals surface area contributed by atoms with E-state index in [9.17, 15) is 4.79 Å². The molecule has 0 radical (unpaired) electrons. The highest BCUT2D eigenvalue weighted by Crippen LogP contribution is 2.29.